The molecule has 0 amide bonds. The smallest absolute Gasteiger partial charge is 0.265 e. The first-order valence-electron chi connectivity index (χ1n) is 5.11. The molecular weight excluding hydrogens is 296 g/mol. The molecule has 0 aliphatic carbocycles. The Balaban J connectivity index is 2.37. The Morgan fingerprint density at radius 1 is 1.24 bits per heavy atom. The van der Waals surface area contributed by atoms with Crippen LogP contribution in [0.25, 0.3) is 0 Å². The van der Waals surface area contributed by atoms with Crippen molar-refractivity contribution >= 4 is 15.9 Å². The normalized spacial score (nSPS) is 14.9. The molecule has 0 aliphatic rings. The molecule has 0 saturated heterocycles. The molecule has 3 N–H and O–H groups in total. The summed E-state index contributed by atoms with van der Waals surface area (Å²) >= 11 is 3.27. The minimum Gasteiger partial charge on any atom is -0.387 e. The second kappa shape index (κ2) is 7.00. The van der Waals surface area contributed by atoms with Crippen LogP contribution in [0.4, 0.5) is 8.78 Å². The summed E-state index contributed by atoms with van der Waals surface area (Å²) < 4.78 is 24.8. The highest BCUT2D eigenvalue weighted by atomic mass is 79.9. The molecule has 0 aromatic heterocycles. The number of rotatable bonds is 6. The molecule has 2 atom stereocenters. The lowest BCUT2D eigenvalue weighted by atomic mass is 10.1. The number of halogens is 3. The maximum atomic E-state index is 12.0. The molecule has 0 fully saturated rings. The number of nitrogens with one attached hydrogen (secondary N) is 1. The summed E-state index contributed by atoms with van der Waals surface area (Å²) in [6.07, 6.45) is -5.27. The molecule has 6 heteroatoms. The van der Waals surface area contributed by atoms with Gasteiger partial charge in [0, 0.05) is 17.6 Å². The first-order valence-corrected chi connectivity index (χ1v) is 5.90. The van der Waals surface area contributed by atoms with E-state index in [9.17, 15) is 13.9 Å². The van der Waals surface area contributed by atoms with Gasteiger partial charge in [0.2, 0.25) is 0 Å². The molecule has 0 radical (unpaired) electrons. The van der Waals surface area contributed by atoms with Crippen LogP contribution in [-0.2, 0) is 0 Å². The molecule has 3 nitrogen and oxygen atoms in total. The summed E-state index contributed by atoms with van der Waals surface area (Å²) in [5.74, 6) is 0. The summed E-state index contributed by atoms with van der Waals surface area (Å²) in [6.45, 7) is -0.136. The third kappa shape index (κ3) is 5.08. The van der Waals surface area contributed by atoms with Crippen LogP contribution in [0.15, 0.2) is 28.7 Å². The molecule has 2 unspecified atom stereocenters. The second-order valence-electron chi connectivity index (χ2n) is 3.63. The summed E-state index contributed by atoms with van der Waals surface area (Å²) in [4.78, 5) is 0. The number of hydrogen-bond acceptors (Lipinski definition) is 3. The lowest BCUT2D eigenvalue weighted by Gasteiger charge is -2.14. The SMILES string of the molecule is OC(CNCC(O)C(F)F)c1cccc(Br)c1. The number of benzene rings is 1. The fourth-order valence-electron chi connectivity index (χ4n) is 1.29. The Kier molecular flexibility index (Phi) is 5.97. The molecule has 0 bridgehead atoms. The van der Waals surface area contributed by atoms with E-state index >= 15 is 0 Å². The molecule has 17 heavy (non-hydrogen) atoms. The van der Waals surface area contributed by atoms with E-state index in [0.29, 0.717) is 5.56 Å². The number of aliphatic hydroxyl groups excluding tert-OH is 2. The maximum Gasteiger partial charge on any atom is 0.265 e. The van der Waals surface area contributed by atoms with Crippen LogP contribution in [0.1, 0.15) is 11.7 Å². The lowest BCUT2D eigenvalue weighted by molar-refractivity contribution is -0.00462. The summed E-state index contributed by atoms with van der Waals surface area (Å²) in [5, 5.41) is 21.2. The first-order chi connectivity index (χ1) is 8.00. The molecule has 1 aromatic carbocycles. The molecule has 0 heterocycles. The average molecular weight is 310 g/mol. The van der Waals surface area contributed by atoms with Crippen molar-refractivity contribution in [2.24, 2.45) is 0 Å². The highest BCUT2D eigenvalue weighted by Crippen LogP contribution is 2.17. The minimum atomic E-state index is -2.77. The number of hydrogen-bond donors (Lipinski definition) is 3. The Morgan fingerprint density at radius 2 is 1.94 bits per heavy atom. The van der Waals surface area contributed by atoms with Gasteiger partial charge in [-0.25, -0.2) is 8.78 Å². The van der Waals surface area contributed by atoms with Crippen LogP contribution in [0, 0.1) is 0 Å². The van der Waals surface area contributed by atoms with Gasteiger partial charge in [0.25, 0.3) is 6.43 Å². The van der Waals surface area contributed by atoms with Crippen LogP contribution in [0.5, 0.6) is 0 Å². The van der Waals surface area contributed by atoms with Crippen LogP contribution in [0.2, 0.25) is 0 Å². The topological polar surface area (TPSA) is 52.5 Å². The van der Waals surface area contributed by atoms with Gasteiger partial charge in [-0.05, 0) is 17.7 Å². The van der Waals surface area contributed by atoms with Crippen LogP contribution in [0.3, 0.4) is 0 Å². The van der Waals surface area contributed by atoms with Crippen LogP contribution >= 0.6 is 15.9 Å². The highest BCUT2D eigenvalue weighted by Gasteiger charge is 2.16. The van der Waals surface area contributed by atoms with Crippen molar-refractivity contribution in [3.63, 3.8) is 0 Å². The zero-order chi connectivity index (χ0) is 12.8. The van der Waals surface area contributed by atoms with Crippen molar-refractivity contribution in [2.45, 2.75) is 18.6 Å². The number of aliphatic hydroxyl groups is 2. The van der Waals surface area contributed by atoms with Crippen molar-refractivity contribution in [3.8, 4) is 0 Å². The fourth-order valence-corrected chi connectivity index (χ4v) is 1.71. The molecule has 0 aliphatic heterocycles. The van der Waals surface area contributed by atoms with E-state index in [-0.39, 0.29) is 13.1 Å². The summed E-state index contributed by atoms with van der Waals surface area (Å²) in [7, 11) is 0. The van der Waals surface area contributed by atoms with Gasteiger partial charge in [-0.1, -0.05) is 28.1 Å². The van der Waals surface area contributed by atoms with Gasteiger partial charge in [-0.2, -0.15) is 0 Å². The van der Waals surface area contributed by atoms with Crippen molar-refractivity contribution in [1.29, 1.82) is 0 Å². The van der Waals surface area contributed by atoms with Gasteiger partial charge in [0.1, 0.15) is 6.10 Å². The largest absolute Gasteiger partial charge is 0.387 e. The van der Waals surface area contributed by atoms with Crippen molar-refractivity contribution in [1.82, 2.24) is 5.32 Å². The zero-order valence-electron chi connectivity index (χ0n) is 8.98. The predicted octanol–water partition coefficient (Wildman–Crippen LogP) is 1.70. The van der Waals surface area contributed by atoms with Crippen molar-refractivity contribution < 1.29 is 19.0 Å². The summed E-state index contributed by atoms with van der Waals surface area (Å²) in [5.41, 5.74) is 0.679. The molecule has 1 rings (SSSR count). The second-order valence-corrected chi connectivity index (χ2v) is 4.55. The Labute approximate surface area is 107 Å². The van der Waals surface area contributed by atoms with Gasteiger partial charge in [-0.3, -0.25) is 0 Å². The van der Waals surface area contributed by atoms with Gasteiger partial charge >= 0.3 is 0 Å². The van der Waals surface area contributed by atoms with Gasteiger partial charge < -0.3 is 15.5 Å². The first kappa shape index (κ1) is 14.5. The Morgan fingerprint density at radius 3 is 2.53 bits per heavy atom. The standard InChI is InChI=1S/C11H14BrF2NO2/c12-8-3-1-2-7(4-8)9(16)5-15-6-10(17)11(13)14/h1-4,9-11,15-17H,5-6H2. The number of alkyl halides is 2. The zero-order valence-corrected chi connectivity index (χ0v) is 10.6. The lowest BCUT2D eigenvalue weighted by Crippen LogP contribution is -2.34. The monoisotopic (exact) mass is 309 g/mol. The fraction of sp³-hybridized carbons (Fsp3) is 0.455. The van der Waals surface area contributed by atoms with Gasteiger partial charge in [0.05, 0.1) is 6.10 Å². The van der Waals surface area contributed by atoms with Crippen LogP contribution < -0.4 is 5.32 Å². The maximum absolute atomic E-state index is 12.0. The average Bonchev–Trinajstić information content (AvgIpc) is 2.28. The predicted molar refractivity (Wildman–Crippen MR) is 64.0 cm³/mol. The van der Waals surface area contributed by atoms with Crippen LogP contribution in [-0.4, -0.2) is 35.8 Å². The van der Waals surface area contributed by atoms with E-state index < -0.39 is 18.6 Å². The summed E-state index contributed by atoms with van der Waals surface area (Å²) in [6, 6.07) is 7.08. The van der Waals surface area contributed by atoms with Gasteiger partial charge in [-0.15, -0.1) is 0 Å². The van der Waals surface area contributed by atoms with Gasteiger partial charge in [0.15, 0.2) is 0 Å². The molecule has 0 spiro atoms. The molecule has 1 aromatic rings. The van der Waals surface area contributed by atoms with E-state index in [1.165, 1.54) is 0 Å². The Hall–Kier alpha value is -0.560. The molecule has 96 valence electrons. The van der Waals surface area contributed by atoms with Crippen molar-refractivity contribution in [3.05, 3.63) is 34.3 Å². The highest BCUT2D eigenvalue weighted by molar-refractivity contribution is 9.10. The molecular formula is C11H14BrF2NO2. The third-order valence-corrected chi connectivity index (χ3v) is 2.71. The Bertz CT molecular complexity index is 352. The van der Waals surface area contributed by atoms with E-state index in [2.05, 4.69) is 21.2 Å². The minimum absolute atomic E-state index is 0.111. The quantitative estimate of drug-likeness (QED) is 0.750. The van der Waals surface area contributed by atoms with E-state index in [4.69, 9.17) is 5.11 Å². The molecule has 0 saturated carbocycles. The van der Waals surface area contributed by atoms with Crippen molar-refractivity contribution in [2.75, 3.05) is 13.1 Å². The van der Waals surface area contributed by atoms with E-state index in [0.717, 1.165) is 4.47 Å². The van der Waals surface area contributed by atoms with E-state index in [1.807, 2.05) is 6.07 Å². The van der Waals surface area contributed by atoms with E-state index in [1.54, 1.807) is 18.2 Å². The third-order valence-electron chi connectivity index (χ3n) is 2.22.